The summed E-state index contributed by atoms with van der Waals surface area (Å²) in [6.07, 6.45) is 7.38. The minimum absolute atomic E-state index is 0. The van der Waals surface area contributed by atoms with Crippen molar-refractivity contribution in [2.75, 3.05) is 46.5 Å². The van der Waals surface area contributed by atoms with Crippen LogP contribution in [0, 0.1) is 0 Å². The maximum Gasteiger partial charge on any atom is 0.305 e. The van der Waals surface area contributed by atoms with Gasteiger partial charge in [-0.1, -0.05) is 0 Å². The Kier molecular flexibility index (Phi) is 13.0. The highest BCUT2D eigenvalue weighted by molar-refractivity contribution is 14.0. The average Bonchev–Trinajstić information content (AvgIpc) is 2.68. The molecule has 1 unspecified atom stereocenters. The first-order chi connectivity index (χ1) is 12.7. The molecule has 158 valence electrons. The second-order valence-corrected chi connectivity index (χ2v) is 6.89. The van der Waals surface area contributed by atoms with Crippen molar-refractivity contribution in [1.82, 2.24) is 10.2 Å². The molecule has 2 rings (SSSR count). The number of halogens is 1. The number of carbonyl (C=O) groups excluding carboxylic acids is 1. The summed E-state index contributed by atoms with van der Waals surface area (Å²) in [4.78, 5) is 18.0. The van der Waals surface area contributed by atoms with Crippen LogP contribution in [0.2, 0.25) is 0 Å². The van der Waals surface area contributed by atoms with Gasteiger partial charge in [-0.2, -0.15) is 0 Å². The maximum atomic E-state index is 11.4. The number of hydrogen-bond acceptors (Lipinski definition) is 5. The van der Waals surface area contributed by atoms with E-state index in [2.05, 4.69) is 15.2 Å². The van der Waals surface area contributed by atoms with Crippen LogP contribution in [0.25, 0.3) is 0 Å². The van der Waals surface area contributed by atoms with Crippen LogP contribution in [0.3, 0.4) is 0 Å². The summed E-state index contributed by atoms with van der Waals surface area (Å²) in [5, 5.41) is 3.34. The van der Waals surface area contributed by atoms with E-state index >= 15 is 0 Å². The van der Waals surface area contributed by atoms with Crippen LogP contribution in [0.4, 0.5) is 0 Å². The van der Waals surface area contributed by atoms with E-state index in [1.807, 2.05) is 6.92 Å². The second-order valence-electron chi connectivity index (χ2n) is 6.89. The smallest absolute Gasteiger partial charge is 0.305 e. The quantitative estimate of drug-likeness (QED) is 0.183. The Morgan fingerprint density at radius 1 is 1.26 bits per heavy atom. The second kappa shape index (κ2) is 14.4. The van der Waals surface area contributed by atoms with Crippen molar-refractivity contribution in [1.29, 1.82) is 0 Å². The Morgan fingerprint density at radius 2 is 2.04 bits per heavy atom. The molecule has 2 saturated heterocycles. The number of esters is 1. The van der Waals surface area contributed by atoms with Gasteiger partial charge in [0.2, 0.25) is 0 Å². The van der Waals surface area contributed by atoms with Gasteiger partial charge in [-0.3, -0.25) is 9.79 Å². The van der Waals surface area contributed by atoms with Crippen LogP contribution in [-0.4, -0.2) is 75.5 Å². The molecule has 2 heterocycles. The summed E-state index contributed by atoms with van der Waals surface area (Å²) >= 11 is 0. The van der Waals surface area contributed by atoms with E-state index in [-0.39, 0.29) is 36.0 Å². The average molecular weight is 497 g/mol. The van der Waals surface area contributed by atoms with E-state index in [1.54, 1.807) is 7.05 Å². The van der Waals surface area contributed by atoms with E-state index in [9.17, 15) is 4.79 Å². The predicted octanol–water partition coefficient (Wildman–Crippen LogP) is 2.57. The third-order valence-corrected chi connectivity index (χ3v) is 4.89. The van der Waals surface area contributed by atoms with Crippen molar-refractivity contribution in [3.63, 3.8) is 0 Å². The number of likely N-dealkylation sites (tertiary alicyclic amines) is 1. The lowest BCUT2D eigenvalue weighted by Crippen LogP contribution is -2.47. The summed E-state index contributed by atoms with van der Waals surface area (Å²) in [5.74, 6) is 0.770. The van der Waals surface area contributed by atoms with E-state index in [0.29, 0.717) is 19.1 Å². The van der Waals surface area contributed by atoms with Gasteiger partial charge in [-0.05, 0) is 45.4 Å². The Bertz CT molecular complexity index is 437. The van der Waals surface area contributed by atoms with Crippen molar-refractivity contribution < 1.29 is 19.0 Å². The fourth-order valence-corrected chi connectivity index (χ4v) is 3.41. The van der Waals surface area contributed by atoms with Crippen LogP contribution < -0.4 is 5.32 Å². The number of guanidine groups is 1. The van der Waals surface area contributed by atoms with Gasteiger partial charge in [0.15, 0.2) is 5.96 Å². The molecule has 2 aliphatic rings. The van der Waals surface area contributed by atoms with Gasteiger partial charge in [-0.15, -0.1) is 24.0 Å². The Labute approximate surface area is 180 Å². The van der Waals surface area contributed by atoms with Crippen LogP contribution in [0.15, 0.2) is 4.99 Å². The number of ether oxygens (including phenoxy) is 3. The van der Waals surface area contributed by atoms with Gasteiger partial charge in [0, 0.05) is 39.7 Å². The molecule has 0 aromatic rings. The topological polar surface area (TPSA) is 72.4 Å². The van der Waals surface area contributed by atoms with Gasteiger partial charge < -0.3 is 24.4 Å². The third-order valence-electron chi connectivity index (χ3n) is 4.89. The zero-order valence-electron chi connectivity index (χ0n) is 16.8. The lowest BCUT2D eigenvalue weighted by molar-refractivity contribution is -0.143. The summed E-state index contributed by atoms with van der Waals surface area (Å²) in [6.45, 7) is 6.48. The van der Waals surface area contributed by atoms with Crippen molar-refractivity contribution in [3.05, 3.63) is 0 Å². The number of aliphatic imine (C=N–C) groups is 1. The summed E-state index contributed by atoms with van der Waals surface area (Å²) in [6, 6.07) is 0. The summed E-state index contributed by atoms with van der Waals surface area (Å²) in [7, 11) is 1.80. The molecule has 0 aliphatic carbocycles. The molecule has 2 aliphatic heterocycles. The van der Waals surface area contributed by atoms with Crippen molar-refractivity contribution >= 4 is 35.9 Å². The molecule has 1 atom stereocenters. The summed E-state index contributed by atoms with van der Waals surface area (Å²) < 4.78 is 16.7. The van der Waals surface area contributed by atoms with E-state index in [1.165, 1.54) is 12.8 Å². The number of rotatable bonds is 8. The fourth-order valence-electron chi connectivity index (χ4n) is 3.41. The number of hydrogen-bond donors (Lipinski definition) is 1. The van der Waals surface area contributed by atoms with Crippen LogP contribution in [0.1, 0.15) is 51.9 Å². The van der Waals surface area contributed by atoms with Crippen molar-refractivity contribution in [2.24, 2.45) is 4.99 Å². The molecule has 1 N–H and O–H groups in total. The molecule has 0 spiro atoms. The Balaban J connectivity index is 0.00000364. The van der Waals surface area contributed by atoms with Gasteiger partial charge in [0.25, 0.3) is 0 Å². The molecule has 0 aromatic heterocycles. The van der Waals surface area contributed by atoms with Crippen LogP contribution >= 0.6 is 24.0 Å². The van der Waals surface area contributed by atoms with E-state index in [0.717, 1.165) is 64.5 Å². The third kappa shape index (κ3) is 9.43. The van der Waals surface area contributed by atoms with E-state index < -0.39 is 0 Å². The first kappa shape index (κ1) is 24.4. The number of piperidine rings is 1. The number of carbonyl (C=O) groups is 1. The molecular weight excluding hydrogens is 461 g/mol. The molecule has 2 fully saturated rings. The van der Waals surface area contributed by atoms with Crippen molar-refractivity contribution in [3.8, 4) is 0 Å². The standard InChI is InChI=1S/C19H35N3O4.HI/c1-3-24-18(23)8-6-11-21-19(20-2)22-12-9-16(10-13-22)26-15-17-7-4-5-14-25-17;/h16-17H,3-15H2,1-2H3,(H,20,21);1H. The minimum Gasteiger partial charge on any atom is -0.466 e. The Morgan fingerprint density at radius 3 is 2.67 bits per heavy atom. The Hall–Kier alpha value is -0.610. The molecule has 27 heavy (non-hydrogen) atoms. The first-order valence-corrected chi connectivity index (χ1v) is 10.1. The molecular formula is C19H36IN3O4. The highest BCUT2D eigenvalue weighted by Gasteiger charge is 2.23. The molecule has 0 bridgehead atoms. The predicted molar refractivity (Wildman–Crippen MR) is 117 cm³/mol. The molecule has 8 heteroatoms. The maximum absolute atomic E-state index is 11.4. The molecule has 0 aromatic carbocycles. The first-order valence-electron chi connectivity index (χ1n) is 10.1. The molecule has 0 amide bonds. The fraction of sp³-hybridized carbons (Fsp3) is 0.895. The zero-order chi connectivity index (χ0) is 18.6. The normalized spacial score (nSPS) is 21.5. The van der Waals surface area contributed by atoms with Gasteiger partial charge in [0.05, 0.1) is 25.4 Å². The lowest BCUT2D eigenvalue weighted by atomic mass is 10.1. The minimum atomic E-state index is -0.135. The molecule has 0 radical (unpaired) electrons. The van der Waals surface area contributed by atoms with Crippen LogP contribution in [0.5, 0.6) is 0 Å². The largest absolute Gasteiger partial charge is 0.466 e. The highest BCUT2D eigenvalue weighted by atomic mass is 127. The summed E-state index contributed by atoms with van der Waals surface area (Å²) in [5.41, 5.74) is 0. The van der Waals surface area contributed by atoms with Crippen LogP contribution in [-0.2, 0) is 19.0 Å². The number of nitrogens with one attached hydrogen (secondary N) is 1. The van der Waals surface area contributed by atoms with Gasteiger partial charge in [-0.25, -0.2) is 0 Å². The molecule has 0 saturated carbocycles. The van der Waals surface area contributed by atoms with Crippen molar-refractivity contribution in [2.45, 2.75) is 64.1 Å². The monoisotopic (exact) mass is 497 g/mol. The zero-order valence-corrected chi connectivity index (χ0v) is 19.1. The lowest BCUT2D eigenvalue weighted by Gasteiger charge is -2.35. The van der Waals surface area contributed by atoms with Gasteiger partial charge in [0.1, 0.15) is 0 Å². The SMILES string of the molecule is CCOC(=O)CCCNC(=NC)N1CCC(OCC2CCCCO2)CC1.I. The number of nitrogens with zero attached hydrogens (tertiary/aromatic N) is 2. The molecule has 7 nitrogen and oxygen atoms in total. The van der Waals surface area contributed by atoms with E-state index in [4.69, 9.17) is 14.2 Å². The van der Waals surface area contributed by atoms with Gasteiger partial charge >= 0.3 is 5.97 Å². The highest BCUT2D eigenvalue weighted by Crippen LogP contribution is 2.17.